The van der Waals surface area contributed by atoms with Crippen molar-refractivity contribution >= 4 is 53.3 Å². The SMILES string of the molecule is CSc1cc(C(=O)NCCCN2CCNCC2)c(Cl)cc1Cl.Cl. The first kappa shape index (κ1) is 20.9. The van der Waals surface area contributed by atoms with E-state index in [0.717, 1.165) is 44.0 Å². The topological polar surface area (TPSA) is 44.4 Å². The summed E-state index contributed by atoms with van der Waals surface area (Å²) in [5.41, 5.74) is 0.484. The molecule has 8 heteroatoms. The van der Waals surface area contributed by atoms with Gasteiger partial charge in [-0.05, 0) is 31.4 Å². The van der Waals surface area contributed by atoms with Gasteiger partial charge in [0.1, 0.15) is 0 Å². The van der Waals surface area contributed by atoms with Gasteiger partial charge < -0.3 is 15.5 Å². The van der Waals surface area contributed by atoms with Crippen molar-refractivity contribution in [2.24, 2.45) is 0 Å². The summed E-state index contributed by atoms with van der Waals surface area (Å²) in [6, 6.07) is 3.38. The number of thioether (sulfide) groups is 1. The molecule has 1 amide bonds. The summed E-state index contributed by atoms with van der Waals surface area (Å²) >= 11 is 13.7. The fraction of sp³-hybridized carbons (Fsp3) is 0.533. The Labute approximate surface area is 158 Å². The lowest BCUT2D eigenvalue weighted by Gasteiger charge is -2.27. The van der Waals surface area contributed by atoms with E-state index in [2.05, 4.69) is 15.5 Å². The van der Waals surface area contributed by atoms with Crippen molar-refractivity contribution in [1.82, 2.24) is 15.5 Å². The minimum absolute atomic E-state index is 0. The molecule has 0 bridgehead atoms. The highest BCUT2D eigenvalue weighted by molar-refractivity contribution is 7.98. The van der Waals surface area contributed by atoms with Gasteiger partial charge in [0, 0.05) is 37.6 Å². The maximum absolute atomic E-state index is 12.2. The number of piperazine rings is 1. The first-order chi connectivity index (χ1) is 10.6. The Bertz CT molecular complexity index is 525. The lowest BCUT2D eigenvalue weighted by Crippen LogP contribution is -2.44. The number of rotatable bonds is 6. The van der Waals surface area contributed by atoms with Gasteiger partial charge in [-0.25, -0.2) is 0 Å². The third-order valence-electron chi connectivity index (χ3n) is 3.63. The summed E-state index contributed by atoms with van der Waals surface area (Å²) in [5, 5.41) is 7.23. The zero-order chi connectivity index (χ0) is 15.9. The fourth-order valence-corrected chi connectivity index (χ4v) is 3.58. The Kier molecular flexibility index (Phi) is 9.66. The number of hydrogen-bond donors (Lipinski definition) is 2. The van der Waals surface area contributed by atoms with Gasteiger partial charge in [-0.15, -0.1) is 24.2 Å². The molecule has 1 heterocycles. The highest BCUT2D eigenvalue weighted by atomic mass is 35.5. The minimum Gasteiger partial charge on any atom is -0.352 e. The average Bonchev–Trinajstić information content (AvgIpc) is 2.52. The Morgan fingerprint density at radius 3 is 2.65 bits per heavy atom. The zero-order valence-electron chi connectivity index (χ0n) is 13.0. The number of halogens is 3. The number of benzene rings is 1. The number of hydrogen-bond acceptors (Lipinski definition) is 4. The number of nitrogens with one attached hydrogen (secondary N) is 2. The van der Waals surface area contributed by atoms with Gasteiger partial charge >= 0.3 is 0 Å². The van der Waals surface area contributed by atoms with Crippen molar-refractivity contribution in [2.75, 3.05) is 45.5 Å². The van der Waals surface area contributed by atoms with E-state index in [9.17, 15) is 4.79 Å². The Morgan fingerprint density at radius 1 is 1.30 bits per heavy atom. The molecule has 1 aromatic rings. The second-order valence-electron chi connectivity index (χ2n) is 5.17. The first-order valence-electron chi connectivity index (χ1n) is 7.36. The molecule has 1 saturated heterocycles. The zero-order valence-corrected chi connectivity index (χ0v) is 16.2. The van der Waals surface area contributed by atoms with Crippen LogP contribution in [0.4, 0.5) is 0 Å². The molecule has 0 aliphatic carbocycles. The summed E-state index contributed by atoms with van der Waals surface area (Å²) in [6.07, 6.45) is 2.86. The molecule has 130 valence electrons. The molecule has 1 aliphatic rings. The lowest BCUT2D eigenvalue weighted by atomic mass is 10.2. The second-order valence-corrected chi connectivity index (χ2v) is 6.83. The molecule has 0 aromatic heterocycles. The number of nitrogens with zero attached hydrogens (tertiary/aromatic N) is 1. The maximum Gasteiger partial charge on any atom is 0.252 e. The highest BCUT2D eigenvalue weighted by Gasteiger charge is 2.14. The van der Waals surface area contributed by atoms with E-state index in [1.54, 1.807) is 12.1 Å². The van der Waals surface area contributed by atoms with Crippen LogP contribution in [0.5, 0.6) is 0 Å². The Hall–Kier alpha value is -0.170. The van der Waals surface area contributed by atoms with Crippen LogP contribution < -0.4 is 10.6 Å². The molecule has 1 fully saturated rings. The van der Waals surface area contributed by atoms with Crippen LogP contribution in [0.2, 0.25) is 10.0 Å². The van der Waals surface area contributed by atoms with Gasteiger partial charge in [-0.1, -0.05) is 23.2 Å². The van der Waals surface area contributed by atoms with E-state index in [1.807, 2.05) is 6.26 Å². The van der Waals surface area contributed by atoms with E-state index in [-0.39, 0.29) is 18.3 Å². The van der Waals surface area contributed by atoms with Crippen LogP contribution in [-0.2, 0) is 0 Å². The molecule has 0 spiro atoms. The number of amides is 1. The molecule has 4 nitrogen and oxygen atoms in total. The molecule has 0 unspecified atom stereocenters. The summed E-state index contributed by atoms with van der Waals surface area (Å²) in [7, 11) is 0. The summed E-state index contributed by atoms with van der Waals surface area (Å²) < 4.78 is 0. The predicted molar refractivity (Wildman–Crippen MR) is 102 cm³/mol. The van der Waals surface area contributed by atoms with Crippen LogP contribution in [0, 0.1) is 0 Å². The van der Waals surface area contributed by atoms with E-state index in [0.29, 0.717) is 22.2 Å². The maximum atomic E-state index is 12.2. The van der Waals surface area contributed by atoms with E-state index >= 15 is 0 Å². The van der Waals surface area contributed by atoms with E-state index in [1.165, 1.54) is 11.8 Å². The van der Waals surface area contributed by atoms with Crippen LogP contribution in [0.1, 0.15) is 16.8 Å². The van der Waals surface area contributed by atoms with E-state index in [4.69, 9.17) is 23.2 Å². The van der Waals surface area contributed by atoms with Crippen molar-refractivity contribution in [1.29, 1.82) is 0 Å². The molecule has 1 aromatic carbocycles. The quantitative estimate of drug-likeness (QED) is 0.571. The number of carbonyl (C=O) groups excluding carboxylic acids is 1. The first-order valence-corrected chi connectivity index (χ1v) is 9.34. The largest absolute Gasteiger partial charge is 0.352 e. The van der Waals surface area contributed by atoms with Crippen molar-refractivity contribution in [2.45, 2.75) is 11.3 Å². The molecule has 1 aliphatic heterocycles. The third kappa shape index (κ3) is 6.33. The summed E-state index contributed by atoms with van der Waals surface area (Å²) in [4.78, 5) is 15.5. The van der Waals surface area contributed by atoms with Crippen molar-refractivity contribution in [3.63, 3.8) is 0 Å². The molecule has 23 heavy (non-hydrogen) atoms. The monoisotopic (exact) mass is 397 g/mol. The molecule has 0 atom stereocenters. The van der Waals surface area contributed by atoms with Crippen LogP contribution in [0.25, 0.3) is 0 Å². The second kappa shape index (κ2) is 10.6. The van der Waals surface area contributed by atoms with Gasteiger partial charge in [-0.2, -0.15) is 0 Å². The van der Waals surface area contributed by atoms with Gasteiger partial charge in [0.25, 0.3) is 5.91 Å². The van der Waals surface area contributed by atoms with Crippen molar-refractivity contribution in [3.8, 4) is 0 Å². The lowest BCUT2D eigenvalue weighted by molar-refractivity contribution is 0.0951. The molecular weight excluding hydrogens is 377 g/mol. The normalized spacial score (nSPS) is 15.1. The van der Waals surface area contributed by atoms with E-state index < -0.39 is 0 Å². The fourth-order valence-electron chi connectivity index (χ4n) is 2.39. The average molecular weight is 399 g/mol. The minimum atomic E-state index is -0.141. The number of carbonyl (C=O) groups is 1. The van der Waals surface area contributed by atoms with Crippen LogP contribution in [-0.4, -0.2) is 56.3 Å². The van der Waals surface area contributed by atoms with Crippen LogP contribution in [0.15, 0.2) is 17.0 Å². The molecule has 2 rings (SSSR count). The van der Waals surface area contributed by atoms with Gasteiger partial charge in [0.15, 0.2) is 0 Å². The van der Waals surface area contributed by atoms with Crippen LogP contribution in [0.3, 0.4) is 0 Å². The Morgan fingerprint density at radius 2 is 2.00 bits per heavy atom. The standard InChI is InChI=1S/C15H21Cl2N3OS.ClH/c1-22-14-9-11(12(16)10-13(14)17)15(21)19-3-2-6-20-7-4-18-5-8-20;/h9-10,18H,2-8H2,1H3,(H,19,21);1H. The van der Waals surface area contributed by atoms with Crippen molar-refractivity contribution < 1.29 is 4.79 Å². The summed E-state index contributed by atoms with van der Waals surface area (Å²) in [6.45, 7) is 5.90. The third-order valence-corrected chi connectivity index (χ3v) is 5.15. The highest BCUT2D eigenvalue weighted by Crippen LogP contribution is 2.31. The molecule has 0 radical (unpaired) electrons. The smallest absolute Gasteiger partial charge is 0.252 e. The molecule has 2 N–H and O–H groups in total. The predicted octanol–water partition coefficient (Wildman–Crippen LogP) is 3.16. The molecule has 0 saturated carbocycles. The molecular formula is C15H22Cl3N3OS. The summed E-state index contributed by atoms with van der Waals surface area (Å²) in [5.74, 6) is -0.141. The van der Waals surface area contributed by atoms with Gasteiger partial charge in [0.2, 0.25) is 0 Å². The Balaban J connectivity index is 0.00000264. The van der Waals surface area contributed by atoms with Gasteiger partial charge in [-0.3, -0.25) is 4.79 Å². The van der Waals surface area contributed by atoms with Crippen LogP contribution >= 0.6 is 47.4 Å². The van der Waals surface area contributed by atoms with Crippen molar-refractivity contribution in [3.05, 3.63) is 27.7 Å². The van der Waals surface area contributed by atoms with Gasteiger partial charge in [0.05, 0.1) is 15.6 Å².